The zero-order valence-electron chi connectivity index (χ0n) is 28.9. The Hall–Kier alpha value is -7.37. The summed E-state index contributed by atoms with van der Waals surface area (Å²) in [6, 6.07) is 59.6. The Kier molecular flexibility index (Phi) is 5.99. The van der Waals surface area contributed by atoms with Crippen molar-refractivity contribution in [2.24, 2.45) is 0 Å². The van der Waals surface area contributed by atoms with Crippen LogP contribution in [-0.2, 0) is 0 Å². The third kappa shape index (κ3) is 4.18. The molecule has 12 rings (SSSR count). The molecular weight excluding hydrogens is 661 g/mol. The van der Waals surface area contributed by atoms with Crippen LogP contribution in [0.2, 0.25) is 0 Å². The molecule has 54 heavy (non-hydrogen) atoms. The van der Waals surface area contributed by atoms with Crippen LogP contribution in [0.25, 0.3) is 116 Å². The molecule has 3 heterocycles. The van der Waals surface area contributed by atoms with Crippen LogP contribution in [0, 0.1) is 0 Å². The molecule has 5 nitrogen and oxygen atoms in total. The van der Waals surface area contributed by atoms with E-state index < -0.39 is 0 Å². The normalized spacial score (nSPS) is 12.1. The predicted molar refractivity (Wildman–Crippen MR) is 221 cm³/mol. The number of hydrogen-bond acceptors (Lipinski definition) is 4. The Morgan fingerprint density at radius 1 is 0.352 bits per heavy atom. The number of furan rings is 1. The molecule has 250 valence electrons. The average molecular weight is 689 g/mol. The van der Waals surface area contributed by atoms with Crippen LogP contribution in [0.1, 0.15) is 0 Å². The molecule has 0 saturated heterocycles. The second kappa shape index (κ2) is 11.1. The third-order valence-electron chi connectivity index (χ3n) is 11.0. The first-order valence-corrected chi connectivity index (χ1v) is 18.2. The number of nitrogens with zero attached hydrogens (tertiary/aromatic N) is 4. The smallest absolute Gasteiger partial charge is 0.164 e. The van der Waals surface area contributed by atoms with Crippen LogP contribution in [0.5, 0.6) is 0 Å². The van der Waals surface area contributed by atoms with E-state index in [1.165, 1.54) is 54.1 Å². The molecule has 0 amide bonds. The summed E-state index contributed by atoms with van der Waals surface area (Å²) in [4.78, 5) is 14.8. The lowest BCUT2D eigenvalue weighted by Crippen LogP contribution is -2.00. The third-order valence-corrected chi connectivity index (χ3v) is 11.0. The number of aromatic nitrogens is 4. The highest BCUT2D eigenvalue weighted by Crippen LogP contribution is 2.46. The van der Waals surface area contributed by atoms with Gasteiger partial charge in [0.25, 0.3) is 0 Å². The Morgan fingerprint density at radius 3 is 1.67 bits per heavy atom. The van der Waals surface area contributed by atoms with Crippen molar-refractivity contribution in [2.45, 2.75) is 0 Å². The van der Waals surface area contributed by atoms with Gasteiger partial charge in [-0.3, -0.25) is 0 Å². The Bertz CT molecular complexity index is 3370. The topological polar surface area (TPSA) is 56.7 Å². The van der Waals surface area contributed by atoms with E-state index in [0.717, 1.165) is 44.3 Å². The molecule has 0 fully saturated rings. The van der Waals surface area contributed by atoms with Gasteiger partial charge in [0.05, 0.1) is 11.0 Å². The summed E-state index contributed by atoms with van der Waals surface area (Å²) in [7, 11) is 0. The SMILES string of the molecule is c1ccc(-c2nc(-c3ccccc3)nc(-c3ccc4c(c3)oc3cc(-n5c6cccc7c8ccccc8c8c9ccccc9cc5c8c76)ccc34)n2)cc1. The minimum Gasteiger partial charge on any atom is -0.456 e. The maximum Gasteiger partial charge on any atom is 0.164 e. The van der Waals surface area contributed by atoms with Gasteiger partial charge >= 0.3 is 0 Å². The molecule has 0 N–H and O–H groups in total. The number of hydrogen-bond donors (Lipinski definition) is 0. The summed E-state index contributed by atoms with van der Waals surface area (Å²) < 4.78 is 9.12. The van der Waals surface area contributed by atoms with Gasteiger partial charge in [-0.2, -0.15) is 0 Å². The van der Waals surface area contributed by atoms with Crippen molar-refractivity contribution in [1.82, 2.24) is 19.5 Å². The van der Waals surface area contributed by atoms with Gasteiger partial charge in [-0.05, 0) is 63.3 Å². The summed E-state index contributed by atoms with van der Waals surface area (Å²) in [6.07, 6.45) is 0. The van der Waals surface area contributed by atoms with Crippen molar-refractivity contribution in [3.8, 4) is 39.9 Å². The molecule has 0 aliphatic carbocycles. The minimum atomic E-state index is 0.599. The van der Waals surface area contributed by atoms with Crippen LogP contribution < -0.4 is 0 Å². The van der Waals surface area contributed by atoms with E-state index in [9.17, 15) is 0 Å². The molecule has 0 saturated carbocycles. The maximum absolute atomic E-state index is 6.70. The number of fused-ring (bicyclic) bond motifs is 8. The van der Waals surface area contributed by atoms with Gasteiger partial charge in [0.1, 0.15) is 11.2 Å². The lowest BCUT2D eigenvalue weighted by molar-refractivity contribution is 0.668. The highest BCUT2D eigenvalue weighted by atomic mass is 16.3. The first-order chi connectivity index (χ1) is 26.8. The van der Waals surface area contributed by atoms with E-state index in [4.69, 9.17) is 19.4 Å². The molecular formula is C49H28N4O. The summed E-state index contributed by atoms with van der Waals surface area (Å²) in [5, 5.41) is 12.4. The van der Waals surface area contributed by atoms with Crippen LogP contribution in [0.4, 0.5) is 0 Å². The van der Waals surface area contributed by atoms with Gasteiger partial charge in [-0.25, -0.2) is 15.0 Å². The molecule has 0 aliphatic heterocycles. The average Bonchev–Trinajstić information content (AvgIpc) is 3.78. The van der Waals surface area contributed by atoms with Gasteiger partial charge in [0.15, 0.2) is 17.5 Å². The molecule has 3 aromatic heterocycles. The summed E-state index contributed by atoms with van der Waals surface area (Å²) in [5.74, 6) is 1.86. The molecule has 0 spiro atoms. The highest BCUT2D eigenvalue weighted by Gasteiger charge is 2.22. The van der Waals surface area contributed by atoms with Gasteiger partial charge in [-0.1, -0.05) is 127 Å². The summed E-state index contributed by atoms with van der Waals surface area (Å²) in [5.41, 5.74) is 7.79. The van der Waals surface area contributed by atoms with Crippen LogP contribution in [0.15, 0.2) is 174 Å². The second-order valence-corrected chi connectivity index (χ2v) is 14.0. The molecule has 5 heteroatoms. The molecule has 0 radical (unpaired) electrons. The van der Waals surface area contributed by atoms with Gasteiger partial charge in [0.2, 0.25) is 0 Å². The predicted octanol–water partition coefficient (Wildman–Crippen LogP) is 12.8. The Balaban J connectivity index is 1.06. The first-order valence-electron chi connectivity index (χ1n) is 18.2. The van der Waals surface area contributed by atoms with E-state index in [2.05, 4.69) is 114 Å². The molecule has 0 atom stereocenters. The number of rotatable bonds is 4. The van der Waals surface area contributed by atoms with Crippen LogP contribution in [-0.4, -0.2) is 19.5 Å². The molecule has 0 aliphatic rings. The monoisotopic (exact) mass is 688 g/mol. The van der Waals surface area contributed by atoms with Gasteiger partial charge in [-0.15, -0.1) is 0 Å². The fourth-order valence-corrected chi connectivity index (χ4v) is 8.58. The van der Waals surface area contributed by atoms with E-state index in [1.807, 2.05) is 60.7 Å². The van der Waals surface area contributed by atoms with Crippen LogP contribution >= 0.6 is 0 Å². The Morgan fingerprint density at radius 2 is 0.926 bits per heavy atom. The van der Waals surface area contributed by atoms with Crippen molar-refractivity contribution in [3.05, 3.63) is 170 Å². The largest absolute Gasteiger partial charge is 0.456 e. The Labute approximate surface area is 308 Å². The standard InChI is InChI=1S/C49H28N4O/c1-3-12-29(13-4-1)47-50-48(30-14-5-2-6-15-30)52-49(51-47)32-22-24-36-37-25-23-33(28-43(37)54-42(36)27-32)53-40-21-11-20-39-35-18-9-10-19-38(35)44-34-17-8-7-16-31(34)26-41(53)46(44)45(39)40/h1-28H. The lowest BCUT2D eigenvalue weighted by Gasteiger charge is -2.11. The summed E-state index contributed by atoms with van der Waals surface area (Å²) >= 11 is 0. The molecule has 12 aromatic rings. The zero-order chi connectivity index (χ0) is 35.3. The van der Waals surface area contributed by atoms with E-state index in [0.29, 0.717) is 17.5 Å². The van der Waals surface area contributed by atoms with Gasteiger partial charge in [0, 0.05) is 55.4 Å². The van der Waals surface area contributed by atoms with E-state index in [1.54, 1.807) is 0 Å². The minimum absolute atomic E-state index is 0.599. The first kappa shape index (κ1) is 29.2. The second-order valence-electron chi connectivity index (χ2n) is 14.0. The maximum atomic E-state index is 6.70. The quantitative estimate of drug-likeness (QED) is 0.173. The van der Waals surface area contributed by atoms with E-state index >= 15 is 0 Å². The van der Waals surface area contributed by atoms with Crippen LogP contribution in [0.3, 0.4) is 0 Å². The van der Waals surface area contributed by atoms with Crippen molar-refractivity contribution < 1.29 is 4.42 Å². The number of benzene rings is 9. The van der Waals surface area contributed by atoms with Crippen molar-refractivity contribution in [2.75, 3.05) is 0 Å². The lowest BCUT2D eigenvalue weighted by atomic mass is 9.91. The summed E-state index contributed by atoms with van der Waals surface area (Å²) in [6.45, 7) is 0. The molecule has 0 bridgehead atoms. The molecule has 9 aromatic carbocycles. The van der Waals surface area contributed by atoms with Crippen molar-refractivity contribution in [1.29, 1.82) is 0 Å². The zero-order valence-corrected chi connectivity index (χ0v) is 28.9. The van der Waals surface area contributed by atoms with Crippen molar-refractivity contribution >= 4 is 76.1 Å². The van der Waals surface area contributed by atoms with Gasteiger partial charge < -0.3 is 8.98 Å². The highest BCUT2D eigenvalue weighted by molar-refractivity contribution is 6.39. The van der Waals surface area contributed by atoms with E-state index in [-0.39, 0.29) is 0 Å². The fourth-order valence-electron chi connectivity index (χ4n) is 8.58. The van der Waals surface area contributed by atoms with Crippen molar-refractivity contribution in [3.63, 3.8) is 0 Å². The molecule has 0 unspecified atom stereocenters. The fraction of sp³-hybridized carbons (Fsp3) is 0.